The highest BCUT2D eigenvalue weighted by atomic mass is 32.2. The summed E-state index contributed by atoms with van der Waals surface area (Å²) in [6.45, 7) is 2.67. The molecule has 3 aromatic heterocycles. The van der Waals surface area contributed by atoms with Gasteiger partial charge in [-0.15, -0.1) is 11.3 Å². The van der Waals surface area contributed by atoms with E-state index in [9.17, 15) is 0 Å². The van der Waals surface area contributed by atoms with Crippen LogP contribution in [0.2, 0.25) is 0 Å². The molecule has 0 N–H and O–H groups in total. The lowest BCUT2D eigenvalue weighted by atomic mass is 10.2. The molecular formula is C19H17N3OS2. The molecule has 0 radical (unpaired) electrons. The number of fused-ring (bicyclic) bond motifs is 1. The second-order valence-electron chi connectivity index (χ2n) is 5.43. The molecule has 0 saturated heterocycles. The van der Waals surface area contributed by atoms with Crippen molar-refractivity contribution in [2.24, 2.45) is 0 Å². The number of hydrogen-bond acceptors (Lipinski definition) is 5. The summed E-state index contributed by atoms with van der Waals surface area (Å²) >= 11 is 3.37. The Morgan fingerprint density at radius 2 is 2.04 bits per heavy atom. The van der Waals surface area contributed by atoms with Crippen LogP contribution in [0, 0.1) is 0 Å². The zero-order valence-corrected chi connectivity index (χ0v) is 15.4. The predicted octanol–water partition coefficient (Wildman–Crippen LogP) is 5.15. The lowest BCUT2D eigenvalue weighted by Gasteiger charge is -2.03. The minimum absolute atomic E-state index is 0.681. The van der Waals surface area contributed by atoms with Gasteiger partial charge in [0.05, 0.1) is 24.0 Å². The zero-order chi connectivity index (χ0) is 17.1. The summed E-state index contributed by atoms with van der Waals surface area (Å²) in [7, 11) is 0. The van der Waals surface area contributed by atoms with Gasteiger partial charge in [0.1, 0.15) is 10.8 Å². The standard InChI is InChI=1S/C19H17N3OS2/c1-2-23-17-8-6-14(7-9-17)18-21-15(12-24-18)13-25-19-20-11-16-5-3-4-10-22(16)19/h3-12H,2,13H2,1H3. The zero-order valence-electron chi connectivity index (χ0n) is 13.8. The highest BCUT2D eigenvalue weighted by Gasteiger charge is 2.08. The molecule has 0 atom stereocenters. The van der Waals surface area contributed by atoms with E-state index in [1.54, 1.807) is 23.1 Å². The molecule has 0 aliphatic heterocycles. The van der Waals surface area contributed by atoms with Crippen LogP contribution in [0.4, 0.5) is 0 Å². The number of pyridine rings is 1. The van der Waals surface area contributed by atoms with Crippen LogP contribution in [0.3, 0.4) is 0 Å². The van der Waals surface area contributed by atoms with Gasteiger partial charge in [-0.25, -0.2) is 9.97 Å². The molecule has 0 aliphatic carbocycles. The van der Waals surface area contributed by atoms with Crippen molar-refractivity contribution < 1.29 is 4.74 Å². The lowest BCUT2D eigenvalue weighted by molar-refractivity contribution is 0.340. The van der Waals surface area contributed by atoms with Crippen molar-refractivity contribution in [1.82, 2.24) is 14.4 Å². The first-order valence-electron chi connectivity index (χ1n) is 8.06. The molecule has 4 rings (SSSR count). The fourth-order valence-electron chi connectivity index (χ4n) is 2.53. The third-order valence-electron chi connectivity index (χ3n) is 3.72. The second-order valence-corrected chi connectivity index (χ2v) is 7.23. The maximum Gasteiger partial charge on any atom is 0.172 e. The number of nitrogens with zero attached hydrogens (tertiary/aromatic N) is 3. The first-order valence-corrected chi connectivity index (χ1v) is 9.92. The average Bonchev–Trinajstić information content (AvgIpc) is 3.28. The molecular weight excluding hydrogens is 350 g/mol. The van der Waals surface area contributed by atoms with Gasteiger partial charge in [0.25, 0.3) is 0 Å². The summed E-state index contributed by atoms with van der Waals surface area (Å²) in [6, 6.07) is 14.2. The first-order chi connectivity index (χ1) is 12.3. The van der Waals surface area contributed by atoms with Crippen LogP contribution in [-0.2, 0) is 5.75 Å². The van der Waals surface area contributed by atoms with E-state index in [0.717, 1.165) is 38.4 Å². The monoisotopic (exact) mass is 367 g/mol. The number of hydrogen-bond donors (Lipinski definition) is 0. The minimum atomic E-state index is 0.681. The van der Waals surface area contributed by atoms with E-state index in [1.807, 2.05) is 43.6 Å². The first kappa shape index (κ1) is 16.2. The Morgan fingerprint density at radius 3 is 2.88 bits per heavy atom. The van der Waals surface area contributed by atoms with Gasteiger partial charge >= 0.3 is 0 Å². The van der Waals surface area contributed by atoms with E-state index in [2.05, 4.69) is 33.0 Å². The van der Waals surface area contributed by atoms with E-state index in [4.69, 9.17) is 9.72 Å². The summed E-state index contributed by atoms with van der Waals surface area (Å²) in [5.41, 5.74) is 3.31. The summed E-state index contributed by atoms with van der Waals surface area (Å²) in [5, 5.41) is 4.15. The maximum atomic E-state index is 5.49. The molecule has 1 aromatic carbocycles. The fourth-order valence-corrected chi connectivity index (χ4v) is 4.32. The molecule has 0 fully saturated rings. The Morgan fingerprint density at radius 1 is 1.16 bits per heavy atom. The fraction of sp³-hybridized carbons (Fsp3) is 0.158. The molecule has 4 aromatic rings. The number of rotatable bonds is 6. The topological polar surface area (TPSA) is 39.4 Å². The molecule has 0 saturated carbocycles. The van der Waals surface area contributed by atoms with Gasteiger partial charge < -0.3 is 4.74 Å². The summed E-state index contributed by atoms with van der Waals surface area (Å²) in [5.74, 6) is 1.70. The van der Waals surface area contributed by atoms with Crippen LogP contribution in [-0.4, -0.2) is 21.0 Å². The van der Waals surface area contributed by atoms with Crippen molar-refractivity contribution in [2.75, 3.05) is 6.61 Å². The van der Waals surface area contributed by atoms with Gasteiger partial charge in [0, 0.05) is 22.9 Å². The van der Waals surface area contributed by atoms with Gasteiger partial charge in [-0.3, -0.25) is 4.40 Å². The summed E-state index contributed by atoms with van der Waals surface area (Å²) < 4.78 is 7.59. The molecule has 0 amide bonds. The number of thiazole rings is 1. The Kier molecular flexibility index (Phi) is 4.72. The second kappa shape index (κ2) is 7.29. The van der Waals surface area contributed by atoms with Gasteiger partial charge in [0.15, 0.2) is 5.16 Å². The van der Waals surface area contributed by atoms with Gasteiger partial charge in [-0.1, -0.05) is 17.8 Å². The van der Waals surface area contributed by atoms with Crippen molar-refractivity contribution in [3.8, 4) is 16.3 Å². The van der Waals surface area contributed by atoms with Gasteiger partial charge in [-0.05, 0) is 43.3 Å². The van der Waals surface area contributed by atoms with Crippen LogP contribution in [0.15, 0.2) is 65.4 Å². The maximum absolute atomic E-state index is 5.49. The average molecular weight is 367 g/mol. The quantitative estimate of drug-likeness (QED) is 0.442. The predicted molar refractivity (Wildman–Crippen MR) is 103 cm³/mol. The highest BCUT2D eigenvalue weighted by molar-refractivity contribution is 7.98. The third kappa shape index (κ3) is 3.55. The number of ether oxygens (including phenoxy) is 1. The molecule has 25 heavy (non-hydrogen) atoms. The number of thioether (sulfide) groups is 1. The highest BCUT2D eigenvalue weighted by Crippen LogP contribution is 2.29. The summed E-state index contributed by atoms with van der Waals surface area (Å²) in [4.78, 5) is 9.25. The Hall–Kier alpha value is -2.31. The van der Waals surface area contributed by atoms with Crippen molar-refractivity contribution in [1.29, 1.82) is 0 Å². The third-order valence-corrected chi connectivity index (χ3v) is 5.66. The Balaban J connectivity index is 1.46. The van der Waals surface area contributed by atoms with Crippen molar-refractivity contribution >= 4 is 28.6 Å². The van der Waals surface area contributed by atoms with Crippen molar-refractivity contribution in [2.45, 2.75) is 17.8 Å². The lowest BCUT2D eigenvalue weighted by Crippen LogP contribution is -1.90. The van der Waals surface area contributed by atoms with Crippen LogP contribution in [0.1, 0.15) is 12.6 Å². The van der Waals surface area contributed by atoms with Crippen LogP contribution >= 0.6 is 23.1 Å². The SMILES string of the molecule is CCOc1ccc(-c2nc(CSc3ncc4ccccn34)cs2)cc1. The molecule has 4 nitrogen and oxygen atoms in total. The van der Waals surface area contributed by atoms with E-state index in [1.165, 1.54) is 0 Å². The number of aromatic nitrogens is 3. The molecule has 0 aliphatic rings. The van der Waals surface area contributed by atoms with Gasteiger partial charge in [0.2, 0.25) is 0 Å². The Bertz CT molecular complexity index is 976. The van der Waals surface area contributed by atoms with E-state index in [0.29, 0.717) is 6.61 Å². The smallest absolute Gasteiger partial charge is 0.172 e. The van der Waals surface area contributed by atoms with Crippen molar-refractivity contribution in [3.63, 3.8) is 0 Å². The number of benzene rings is 1. The number of imidazole rings is 1. The van der Waals surface area contributed by atoms with Crippen LogP contribution in [0.5, 0.6) is 5.75 Å². The van der Waals surface area contributed by atoms with Gasteiger partial charge in [-0.2, -0.15) is 0 Å². The van der Waals surface area contributed by atoms with E-state index in [-0.39, 0.29) is 0 Å². The largest absolute Gasteiger partial charge is 0.494 e. The molecule has 3 heterocycles. The normalized spacial score (nSPS) is 11.1. The molecule has 126 valence electrons. The molecule has 6 heteroatoms. The Labute approximate surface area is 154 Å². The van der Waals surface area contributed by atoms with E-state index < -0.39 is 0 Å². The van der Waals surface area contributed by atoms with Crippen LogP contribution < -0.4 is 4.74 Å². The molecule has 0 unspecified atom stereocenters. The van der Waals surface area contributed by atoms with Crippen LogP contribution in [0.25, 0.3) is 16.1 Å². The van der Waals surface area contributed by atoms with E-state index >= 15 is 0 Å². The minimum Gasteiger partial charge on any atom is -0.494 e. The molecule has 0 spiro atoms. The molecule has 0 bridgehead atoms. The van der Waals surface area contributed by atoms with Crippen molar-refractivity contribution in [3.05, 3.63) is 65.9 Å². The summed E-state index contributed by atoms with van der Waals surface area (Å²) in [6.07, 6.45) is 3.94.